The van der Waals surface area contributed by atoms with Gasteiger partial charge in [0.15, 0.2) is 0 Å². The molecule has 3 heterocycles. The van der Waals surface area contributed by atoms with Crippen molar-refractivity contribution in [2.45, 2.75) is 45.1 Å². The van der Waals surface area contributed by atoms with Gasteiger partial charge in [-0.15, -0.1) is 0 Å². The number of carbonyl (C=O) groups excluding carboxylic acids is 1. The monoisotopic (exact) mass is 438 g/mol. The van der Waals surface area contributed by atoms with Crippen LogP contribution in [-0.4, -0.2) is 72.2 Å². The third-order valence-electron chi connectivity index (χ3n) is 6.35. The van der Waals surface area contributed by atoms with Gasteiger partial charge in [0.25, 0.3) is 5.91 Å². The van der Waals surface area contributed by atoms with Crippen molar-refractivity contribution in [2.75, 3.05) is 46.5 Å². The quantitative estimate of drug-likeness (QED) is 0.589. The summed E-state index contributed by atoms with van der Waals surface area (Å²) in [6, 6.07) is 8.28. The van der Waals surface area contributed by atoms with Crippen LogP contribution in [0.2, 0.25) is 0 Å². The van der Waals surface area contributed by atoms with Gasteiger partial charge in [0.1, 0.15) is 18.2 Å². The third kappa shape index (κ3) is 5.64. The molecule has 0 aliphatic carbocycles. The summed E-state index contributed by atoms with van der Waals surface area (Å²) in [5.41, 5.74) is 2.68. The molecule has 32 heavy (non-hydrogen) atoms. The minimum absolute atomic E-state index is 0.0735. The maximum absolute atomic E-state index is 12.7. The van der Waals surface area contributed by atoms with E-state index in [1.807, 2.05) is 24.0 Å². The number of likely N-dealkylation sites (tertiary alicyclic amines) is 2. The van der Waals surface area contributed by atoms with Crippen molar-refractivity contribution in [2.24, 2.45) is 0 Å². The van der Waals surface area contributed by atoms with E-state index in [0.717, 1.165) is 75.7 Å². The molecule has 2 saturated heterocycles. The van der Waals surface area contributed by atoms with Crippen LogP contribution in [0.1, 0.15) is 59.0 Å². The van der Waals surface area contributed by atoms with Crippen molar-refractivity contribution in [3.63, 3.8) is 0 Å². The zero-order valence-corrected chi connectivity index (χ0v) is 19.3. The number of aryl methyl sites for hydroxylation is 1. The van der Waals surface area contributed by atoms with Crippen LogP contribution in [0.15, 0.2) is 30.5 Å². The molecule has 1 amide bonds. The molecule has 0 spiro atoms. The zero-order chi connectivity index (χ0) is 22.3. The molecule has 2 fully saturated rings. The van der Waals surface area contributed by atoms with Gasteiger partial charge in [0.2, 0.25) is 0 Å². The Kier molecular flexibility index (Phi) is 7.71. The molecular weight excluding hydrogens is 404 g/mol. The molecule has 2 aliphatic heterocycles. The number of methoxy groups -OCH3 is 1. The van der Waals surface area contributed by atoms with Crippen LogP contribution in [0, 0.1) is 6.92 Å². The summed E-state index contributed by atoms with van der Waals surface area (Å²) in [4.78, 5) is 26.5. The third-order valence-corrected chi connectivity index (χ3v) is 6.35. The number of rotatable bonds is 8. The van der Waals surface area contributed by atoms with Gasteiger partial charge in [-0.2, -0.15) is 0 Å². The second-order valence-corrected chi connectivity index (χ2v) is 8.79. The Balaban J connectivity index is 1.38. The van der Waals surface area contributed by atoms with Gasteiger partial charge in [-0.05, 0) is 56.8 Å². The van der Waals surface area contributed by atoms with Crippen molar-refractivity contribution < 1.29 is 14.3 Å². The summed E-state index contributed by atoms with van der Waals surface area (Å²) in [5.74, 6) is 2.11. The summed E-state index contributed by atoms with van der Waals surface area (Å²) < 4.78 is 10.8. The average molecular weight is 439 g/mol. The highest BCUT2D eigenvalue weighted by Crippen LogP contribution is 2.27. The predicted molar refractivity (Wildman–Crippen MR) is 123 cm³/mol. The van der Waals surface area contributed by atoms with Crippen molar-refractivity contribution in [1.29, 1.82) is 0 Å². The minimum Gasteiger partial charge on any atom is -0.491 e. The summed E-state index contributed by atoms with van der Waals surface area (Å²) >= 11 is 0. The van der Waals surface area contributed by atoms with Crippen LogP contribution in [0.3, 0.4) is 0 Å². The fourth-order valence-corrected chi connectivity index (χ4v) is 4.63. The van der Waals surface area contributed by atoms with E-state index in [1.165, 1.54) is 5.56 Å². The summed E-state index contributed by atoms with van der Waals surface area (Å²) in [6.45, 7) is 7.63. The number of aromatic nitrogens is 2. The Bertz CT molecular complexity index is 914. The molecule has 0 radical (unpaired) electrons. The van der Waals surface area contributed by atoms with Gasteiger partial charge in [0.05, 0.1) is 17.9 Å². The number of nitrogens with zero attached hydrogens (tertiary/aromatic N) is 4. The lowest BCUT2D eigenvalue weighted by atomic mass is 9.96. The van der Waals surface area contributed by atoms with Crippen molar-refractivity contribution >= 4 is 5.91 Å². The number of benzene rings is 1. The van der Waals surface area contributed by atoms with E-state index in [4.69, 9.17) is 14.5 Å². The number of hydrogen-bond acceptors (Lipinski definition) is 6. The number of amides is 1. The van der Waals surface area contributed by atoms with Crippen LogP contribution in [0.4, 0.5) is 0 Å². The number of hydrogen-bond donors (Lipinski definition) is 0. The minimum atomic E-state index is 0.0735. The second kappa shape index (κ2) is 10.9. The normalized spacial score (nSPS) is 19.3. The van der Waals surface area contributed by atoms with Crippen LogP contribution in [0.5, 0.6) is 5.75 Å². The molecule has 1 unspecified atom stereocenters. The van der Waals surface area contributed by atoms with Crippen LogP contribution >= 0.6 is 0 Å². The highest BCUT2D eigenvalue weighted by Gasteiger charge is 2.26. The van der Waals surface area contributed by atoms with Crippen LogP contribution in [-0.2, 0) is 11.3 Å². The molecular formula is C25H34N4O3. The van der Waals surface area contributed by atoms with Crippen molar-refractivity contribution in [3.8, 4) is 5.75 Å². The predicted octanol–water partition coefficient (Wildman–Crippen LogP) is 3.43. The van der Waals surface area contributed by atoms with Crippen molar-refractivity contribution in [1.82, 2.24) is 19.8 Å². The smallest absolute Gasteiger partial charge is 0.257 e. The molecule has 2 aliphatic rings. The summed E-state index contributed by atoms with van der Waals surface area (Å²) in [6.07, 6.45) is 6.12. The highest BCUT2D eigenvalue weighted by molar-refractivity contribution is 5.95. The Morgan fingerprint density at radius 2 is 2.00 bits per heavy atom. The lowest BCUT2D eigenvalue weighted by Crippen LogP contribution is -2.35. The number of carbonyl (C=O) groups is 1. The topological polar surface area (TPSA) is 67.8 Å². The Labute approximate surface area is 190 Å². The molecule has 0 bridgehead atoms. The molecule has 0 saturated carbocycles. The SMILES string of the molecule is COCCOc1cccc(CN2CCCC(c3ncc(C(=O)N4CCCC4)c(C)n3)C2)c1. The first-order valence-electron chi connectivity index (χ1n) is 11.7. The average Bonchev–Trinajstić information content (AvgIpc) is 3.34. The Hall–Kier alpha value is -2.51. The van der Waals surface area contributed by atoms with Gasteiger partial charge in [-0.1, -0.05) is 12.1 Å². The van der Waals surface area contributed by atoms with E-state index in [9.17, 15) is 4.79 Å². The summed E-state index contributed by atoms with van der Waals surface area (Å²) in [7, 11) is 1.68. The van der Waals surface area contributed by atoms with E-state index >= 15 is 0 Å². The maximum atomic E-state index is 12.7. The first kappa shape index (κ1) is 22.7. The van der Waals surface area contributed by atoms with Gasteiger partial charge < -0.3 is 14.4 Å². The van der Waals surface area contributed by atoms with Crippen LogP contribution < -0.4 is 4.74 Å². The fraction of sp³-hybridized carbons (Fsp3) is 0.560. The first-order valence-corrected chi connectivity index (χ1v) is 11.7. The van der Waals surface area contributed by atoms with E-state index in [2.05, 4.69) is 22.0 Å². The van der Waals surface area contributed by atoms with Crippen molar-refractivity contribution in [3.05, 3.63) is 53.1 Å². The van der Waals surface area contributed by atoms with Gasteiger partial charge in [-0.25, -0.2) is 9.97 Å². The fourth-order valence-electron chi connectivity index (χ4n) is 4.63. The van der Waals surface area contributed by atoms with E-state index in [-0.39, 0.29) is 5.91 Å². The molecule has 1 aromatic heterocycles. The molecule has 2 aromatic rings. The number of ether oxygens (including phenoxy) is 2. The molecule has 7 heteroatoms. The van der Waals surface area contributed by atoms with Gasteiger partial charge >= 0.3 is 0 Å². The van der Waals surface area contributed by atoms with E-state index in [1.54, 1.807) is 13.3 Å². The Morgan fingerprint density at radius 3 is 2.78 bits per heavy atom. The maximum Gasteiger partial charge on any atom is 0.257 e. The van der Waals surface area contributed by atoms with Gasteiger partial charge in [-0.3, -0.25) is 9.69 Å². The lowest BCUT2D eigenvalue weighted by molar-refractivity contribution is 0.0791. The highest BCUT2D eigenvalue weighted by atomic mass is 16.5. The number of piperidine rings is 1. The lowest BCUT2D eigenvalue weighted by Gasteiger charge is -2.32. The standard InChI is InChI=1S/C25H34N4O3/c1-19-23(25(30)29-11-3-4-12-29)16-26-24(27-19)21-8-6-10-28(18-21)17-20-7-5-9-22(15-20)32-14-13-31-2/h5,7,9,15-16,21H,3-4,6,8,10-14,17-18H2,1-2H3. The molecule has 7 nitrogen and oxygen atoms in total. The van der Waals surface area contributed by atoms with E-state index in [0.29, 0.717) is 24.7 Å². The Morgan fingerprint density at radius 1 is 1.16 bits per heavy atom. The van der Waals surface area contributed by atoms with Crippen LogP contribution in [0.25, 0.3) is 0 Å². The zero-order valence-electron chi connectivity index (χ0n) is 19.3. The molecule has 1 aromatic carbocycles. The van der Waals surface area contributed by atoms with Gasteiger partial charge in [0, 0.05) is 45.4 Å². The molecule has 0 N–H and O–H groups in total. The molecule has 172 valence electrons. The van der Waals surface area contributed by atoms with E-state index < -0.39 is 0 Å². The first-order chi connectivity index (χ1) is 15.6. The second-order valence-electron chi connectivity index (χ2n) is 8.79. The summed E-state index contributed by atoms with van der Waals surface area (Å²) in [5, 5.41) is 0. The molecule has 1 atom stereocenters. The molecule has 4 rings (SSSR count). The largest absolute Gasteiger partial charge is 0.491 e.